The van der Waals surface area contributed by atoms with Crippen molar-refractivity contribution in [3.63, 3.8) is 0 Å². The number of rotatable bonds is 4. The van der Waals surface area contributed by atoms with Gasteiger partial charge in [-0.05, 0) is 24.3 Å². The Morgan fingerprint density at radius 1 is 0.750 bits per heavy atom. The number of hydrogen-bond donors (Lipinski definition) is 2. The number of nitrogens with zero attached hydrogens (tertiary/aromatic N) is 2. The van der Waals surface area contributed by atoms with E-state index in [0.717, 1.165) is 0 Å². The molecular formula is C15H10Cl4N4O. The van der Waals surface area contributed by atoms with Gasteiger partial charge in [0.25, 0.3) is 0 Å². The van der Waals surface area contributed by atoms with Gasteiger partial charge in [-0.1, -0.05) is 58.5 Å². The lowest BCUT2D eigenvalue weighted by atomic mass is 10.2. The Labute approximate surface area is 158 Å². The molecule has 0 radical (unpaired) electrons. The van der Waals surface area contributed by atoms with E-state index in [1.807, 2.05) is 0 Å². The zero-order valence-corrected chi connectivity index (χ0v) is 15.0. The second-order valence-electron chi connectivity index (χ2n) is 4.34. The number of hydrogen-bond acceptors (Lipinski definition) is 3. The Kier molecular flexibility index (Phi) is 6.87. The van der Waals surface area contributed by atoms with Crippen LogP contribution >= 0.6 is 46.4 Å². The smallest absolute Gasteiger partial charge is 0.245 e. The standard InChI is InChI=1S/C15H10Cl4N4O/c16-11-3-1-4-12(17)9(11)7-20-22-15(24)23-21-8-10-13(18)5-2-6-14(10)19/h1-8H,(H2,22,23,24)/b20-7-,21-8+. The van der Waals surface area contributed by atoms with E-state index in [9.17, 15) is 4.79 Å². The van der Waals surface area contributed by atoms with Gasteiger partial charge in [-0.15, -0.1) is 0 Å². The first-order valence-electron chi connectivity index (χ1n) is 6.49. The summed E-state index contributed by atoms with van der Waals surface area (Å²) in [6, 6.07) is 9.39. The maximum Gasteiger partial charge on any atom is 0.355 e. The van der Waals surface area contributed by atoms with Crippen LogP contribution in [-0.2, 0) is 0 Å². The van der Waals surface area contributed by atoms with Crippen molar-refractivity contribution in [2.24, 2.45) is 10.2 Å². The van der Waals surface area contributed by atoms with Gasteiger partial charge in [-0.2, -0.15) is 10.2 Å². The molecule has 0 atom stereocenters. The van der Waals surface area contributed by atoms with Crippen LogP contribution in [0.15, 0.2) is 46.6 Å². The maximum absolute atomic E-state index is 11.6. The maximum atomic E-state index is 11.6. The van der Waals surface area contributed by atoms with Crippen LogP contribution in [-0.4, -0.2) is 18.5 Å². The normalized spacial score (nSPS) is 11.2. The molecule has 0 fully saturated rings. The van der Waals surface area contributed by atoms with Crippen LogP contribution in [0.2, 0.25) is 20.1 Å². The molecule has 9 heteroatoms. The molecule has 2 rings (SSSR count). The van der Waals surface area contributed by atoms with Crippen molar-refractivity contribution in [1.82, 2.24) is 10.9 Å². The van der Waals surface area contributed by atoms with Gasteiger partial charge >= 0.3 is 6.03 Å². The molecule has 0 saturated heterocycles. The lowest BCUT2D eigenvalue weighted by molar-refractivity contribution is 0.242. The highest BCUT2D eigenvalue weighted by Gasteiger charge is 2.04. The van der Waals surface area contributed by atoms with Crippen LogP contribution in [0.4, 0.5) is 4.79 Å². The number of hydrazone groups is 2. The Morgan fingerprint density at radius 3 is 1.42 bits per heavy atom. The van der Waals surface area contributed by atoms with Crippen LogP contribution in [0.1, 0.15) is 11.1 Å². The number of nitrogens with one attached hydrogen (secondary N) is 2. The molecule has 2 amide bonds. The van der Waals surface area contributed by atoms with Crippen molar-refractivity contribution in [3.05, 3.63) is 67.6 Å². The van der Waals surface area contributed by atoms with Crippen LogP contribution in [0.5, 0.6) is 0 Å². The summed E-state index contributed by atoms with van der Waals surface area (Å²) in [4.78, 5) is 11.6. The van der Waals surface area contributed by atoms with Crippen molar-refractivity contribution in [2.75, 3.05) is 0 Å². The van der Waals surface area contributed by atoms with Gasteiger partial charge < -0.3 is 0 Å². The largest absolute Gasteiger partial charge is 0.355 e. The number of benzene rings is 2. The number of amides is 2. The molecule has 0 bridgehead atoms. The number of carbonyl (C=O) groups is 1. The van der Waals surface area contributed by atoms with Crippen LogP contribution in [0.3, 0.4) is 0 Å². The summed E-state index contributed by atoms with van der Waals surface area (Å²) in [5.74, 6) is 0. The molecule has 0 aliphatic heterocycles. The summed E-state index contributed by atoms with van der Waals surface area (Å²) >= 11 is 23.9. The van der Waals surface area contributed by atoms with E-state index in [1.165, 1.54) is 12.4 Å². The van der Waals surface area contributed by atoms with E-state index in [4.69, 9.17) is 46.4 Å². The number of carbonyl (C=O) groups excluding carboxylic acids is 1. The zero-order valence-electron chi connectivity index (χ0n) is 11.9. The topological polar surface area (TPSA) is 65.8 Å². The molecule has 124 valence electrons. The van der Waals surface area contributed by atoms with Gasteiger partial charge in [-0.25, -0.2) is 15.6 Å². The minimum Gasteiger partial charge on any atom is -0.245 e. The molecule has 5 nitrogen and oxygen atoms in total. The third-order valence-corrected chi connectivity index (χ3v) is 4.04. The zero-order chi connectivity index (χ0) is 17.5. The van der Waals surface area contributed by atoms with Crippen molar-refractivity contribution < 1.29 is 4.79 Å². The first-order valence-corrected chi connectivity index (χ1v) is 8.00. The highest BCUT2D eigenvalue weighted by atomic mass is 35.5. The number of urea groups is 1. The van der Waals surface area contributed by atoms with Crippen molar-refractivity contribution in [3.8, 4) is 0 Å². The highest BCUT2D eigenvalue weighted by molar-refractivity contribution is 6.39. The second kappa shape index (κ2) is 8.89. The van der Waals surface area contributed by atoms with Gasteiger partial charge in [0.1, 0.15) is 0 Å². The van der Waals surface area contributed by atoms with Crippen LogP contribution < -0.4 is 10.9 Å². The van der Waals surface area contributed by atoms with Gasteiger partial charge in [0.15, 0.2) is 0 Å². The Morgan fingerprint density at radius 2 is 1.08 bits per heavy atom. The summed E-state index contributed by atoms with van der Waals surface area (Å²) in [6.45, 7) is 0. The fraction of sp³-hybridized carbons (Fsp3) is 0. The van der Waals surface area contributed by atoms with Crippen molar-refractivity contribution in [1.29, 1.82) is 0 Å². The van der Waals surface area contributed by atoms with Crippen LogP contribution in [0, 0.1) is 0 Å². The average molecular weight is 404 g/mol. The summed E-state index contributed by atoms with van der Waals surface area (Å²) in [7, 11) is 0. The molecule has 2 aromatic carbocycles. The fourth-order valence-electron chi connectivity index (χ4n) is 1.60. The summed E-state index contributed by atoms with van der Waals surface area (Å²) in [5, 5.41) is 9.15. The first-order chi connectivity index (χ1) is 11.5. The molecule has 0 spiro atoms. The number of halogens is 4. The molecule has 2 N–H and O–H groups in total. The molecule has 0 heterocycles. The van der Waals surface area contributed by atoms with E-state index in [1.54, 1.807) is 36.4 Å². The molecule has 0 saturated carbocycles. The van der Waals surface area contributed by atoms with E-state index in [0.29, 0.717) is 31.2 Å². The van der Waals surface area contributed by atoms with E-state index < -0.39 is 6.03 Å². The SMILES string of the molecule is O=C(N/N=C\c1c(Cl)cccc1Cl)N/N=C/c1c(Cl)cccc1Cl. The Balaban J connectivity index is 1.92. The van der Waals surface area contributed by atoms with E-state index in [2.05, 4.69) is 21.1 Å². The molecule has 2 aromatic rings. The van der Waals surface area contributed by atoms with Gasteiger partial charge in [0.05, 0.1) is 32.5 Å². The first kappa shape index (κ1) is 18.5. The molecular weight excluding hydrogens is 394 g/mol. The lowest BCUT2D eigenvalue weighted by Crippen LogP contribution is -2.28. The van der Waals surface area contributed by atoms with E-state index in [-0.39, 0.29) is 0 Å². The van der Waals surface area contributed by atoms with E-state index >= 15 is 0 Å². The summed E-state index contributed by atoms with van der Waals surface area (Å²) < 4.78 is 0. The fourth-order valence-corrected chi connectivity index (χ4v) is 2.59. The minimum atomic E-state index is -0.658. The van der Waals surface area contributed by atoms with Gasteiger partial charge in [0.2, 0.25) is 0 Å². The monoisotopic (exact) mass is 402 g/mol. The van der Waals surface area contributed by atoms with Crippen molar-refractivity contribution in [2.45, 2.75) is 0 Å². The van der Waals surface area contributed by atoms with Crippen LogP contribution in [0.25, 0.3) is 0 Å². The Hall–Kier alpha value is -1.79. The molecule has 0 aliphatic carbocycles. The second-order valence-corrected chi connectivity index (χ2v) is 5.97. The van der Waals surface area contributed by atoms with Gasteiger partial charge in [0, 0.05) is 11.1 Å². The molecule has 0 aromatic heterocycles. The van der Waals surface area contributed by atoms with Gasteiger partial charge in [-0.3, -0.25) is 0 Å². The lowest BCUT2D eigenvalue weighted by Gasteiger charge is -2.02. The summed E-state index contributed by atoms with van der Waals surface area (Å²) in [6.07, 6.45) is 2.66. The highest BCUT2D eigenvalue weighted by Crippen LogP contribution is 2.22. The molecule has 0 unspecified atom stereocenters. The molecule has 24 heavy (non-hydrogen) atoms. The molecule has 0 aliphatic rings. The van der Waals surface area contributed by atoms with Crippen molar-refractivity contribution >= 4 is 64.9 Å². The summed E-state index contributed by atoms with van der Waals surface area (Å²) in [5.41, 5.74) is 5.43. The quantitative estimate of drug-likeness (QED) is 0.549. The predicted octanol–water partition coefficient (Wildman–Crippen LogP) is 4.97. The third kappa shape index (κ3) is 5.11. The Bertz CT molecular complexity index is 702. The predicted molar refractivity (Wildman–Crippen MR) is 99.8 cm³/mol. The minimum absolute atomic E-state index is 0.417. The average Bonchev–Trinajstić information content (AvgIpc) is 2.53. The third-order valence-electron chi connectivity index (χ3n) is 2.72.